The lowest BCUT2D eigenvalue weighted by Gasteiger charge is -2.24. The minimum absolute atomic E-state index is 0.207. The van der Waals surface area contributed by atoms with Crippen LogP contribution in [-0.2, 0) is 19.9 Å². The van der Waals surface area contributed by atoms with Crippen molar-refractivity contribution in [2.24, 2.45) is 18.9 Å². The van der Waals surface area contributed by atoms with Gasteiger partial charge in [-0.25, -0.2) is 0 Å². The third-order valence-corrected chi connectivity index (χ3v) is 6.03. The Bertz CT molecular complexity index is 607. The summed E-state index contributed by atoms with van der Waals surface area (Å²) in [6.07, 6.45) is 7.12. The zero-order valence-corrected chi connectivity index (χ0v) is 14.6. The Hall–Kier alpha value is -1.36. The fourth-order valence-corrected chi connectivity index (χ4v) is 4.61. The molecule has 1 saturated carbocycles. The van der Waals surface area contributed by atoms with Crippen molar-refractivity contribution in [1.82, 2.24) is 19.6 Å². The Morgan fingerprint density at radius 1 is 1.17 bits per heavy atom. The van der Waals surface area contributed by atoms with Crippen LogP contribution in [0.2, 0.25) is 0 Å². The van der Waals surface area contributed by atoms with Gasteiger partial charge in [0.25, 0.3) is 5.91 Å². The van der Waals surface area contributed by atoms with Crippen LogP contribution in [0.5, 0.6) is 0 Å². The van der Waals surface area contributed by atoms with Crippen molar-refractivity contribution in [1.29, 1.82) is 0 Å². The van der Waals surface area contributed by atoms with Crippen molar-refractivity contribution >= 4 is 5.91 Å². The molecule has 2 atom stereocenters. The zero-order valence-electron chi connectivity index (χ0n) is 14.6. The highest BCUT2D eigenvalue weighted by Gasteiger charge is 2.45. The molecule has 1 amide bonds. The number of hydrogen-bond acceptors (Lipinski definition) is 3. The number of nitrogens with zero attached hydrogens (tertiary/aromatic N) is 4. The van der Waals surface area contributed by atoms with Crippen molar-refractivity contribution in [2.75, 3.05) is 27.2 Å². The number of aryl methyl sites for hydroxylation is 2. The van der Waals surface area contributed by atoms with Gasteiger partial charge >= 0.3 is 0 Å². The van der Waals surface area contributed by atoms with Crippen molar-refractivity contribution in [3.8, 4) is 0 Å². The third-order valence-electron chi connectivity index (χ3n) is 6.03. The summed E-state index contributed by atoms with van der Waals surface area (Å²) in [7, 11) is 6.24. The standard InChI is InChI=1S/C18H28N4O/c1-20(2)16-11-22(10-14(16)12-8-9-12)18(23)17-13-6-4-5-7-15(13)19-21(17)3/h12,14,16H,4-11H2,1-3H3/t14-,16+/m1/s1. The minimum atomic E-state index is 0.207. The first-order valence-corrected chi connectivity index (χ1v) is 9.06. The highest BCUT2D eigenvalue weighted by atomic mass is 16.2. The maximum Gasteiger partial charge on any atom is 0.272 e. The van der Waals surface area contributed by atoms with E-state index in [1.165, 1.54) is 31.2 Å². The molecule has 5 nitrogen and oxygen atoms in total. The molecule has 1 aromatic heterocycles. The maximum absolute atomic E-state index is 13.2. The van der Waals surface area contributed by atoms with Gasteiger partial charge in [-0.2, -0.15) is 5.10 Å². The molecule has 2 heterocycles. The monoisotopic (exact) mass is 316 g/mol. The first-order chi connectivity index (χ1) is 11.1. The minimum Gasteiger partial charge on any atom is -0.335 e. The second-order valence-corrected chi connectivity index (χ2v) is 7.85. The summed E-state index contributed by atoms with van der Waals surface area (Å²) in [6, 6.07) is 0.510. The summed E-state index contributed by atoms with van der Waals surface area (Å²) in [5.41, 5.74) is 3.23. The number of aromatic nitrogens is 2. The molecule has 23 heavy (non-hydrogen) atoms. The molecule has 0 bridgehead atoms. The van der Waals surface area contributed by atoms with Crippen LogP contribution in [0.3, 0.4) is 0 Å². The van der Waals surface area contributed by atoms with E-state index in [0.29, 0.717) is 12.0 Å². The highest BCUT2D eigenvalue weighted by Crippen LogP contribution is 2.43. The molecule has 0 radical (unpaired) electrons. The molecule has 0 unspecified atom stereocenters. The first-order valence-electron chi connectivity index (χ1n) is 9.06. The van der Waals surface area contributed by atoms with Gasteiger partial charge in [-0.3, -0.25) is 9.48 Å². The molecule has 4 rings (SSSR count). The summed E-state index contributed by atoms with van der Waals surface area (Å²) in [5, 5.41) is 4.62. The van der Waals surface area contributed by atoms with Crippen LogP contribution < -0.4 is 0 Å². The Morgan fingerprint density at radius 3 is 2.61 bits per heavy atom. The van der Waals surface area contributed by atoms with Crippen LogP contribution in [0.25, 0.3) is 0 Å². The SMILES string of the molecule is CN(C)[C@H]1CN(C(=O)c2c3c(nn2C)CCCC3)C[C@@H]1C1CC1. The fraction of sp³-hybridized carbons (Fsp3) is 0.778. The summed E-state index contributed by atoms with van der Waals surface area (Å²) in [4.78, 5) is 17.6. The van der Waals surface area contributed by atoms with Gasteiger partial charge in [0.2, 0.25) is 0 Å². The summed E-state index contributed by atoms with van der Waals surface area (Å²) >= 11 is 0. The van der Waals surface area contributed by atoms with E-state index in [-0.39, 0.29) is 5.91 Å². The fourth-order valence-electron chi connectivity index (χ4n) is 4.61. The number of likely N-dealkylation sites (tertiary alicyclic amines) is 1. The van der Waals surface area contributed by atoms with Gasteiger partial charge in [-0.1, -0.05) is 0 Å². The van der Waals surface area contributed by atoms with Crippen molar-refractivity contribution < 1.29 is 4.79 Å². The van der Waals surface area contributed by atoms with E-state index in [4.69, 9.17) is 0 Å². The number of carbonyl (C=O) groups excluding carboxylic acids is 1. The Labute approximate surface area is 138 Å². The van der Waals surface area contributed by atoms with E-state index in [1.807, 2.05) is 11.7 Å². The van der Waals surface area contributed by atoms with Crippen LogP contribution in [0, 0.1) is 11.8 Å². The summed E-state index contributed by atoms with van der Waals surface area (Å²) < 4.78 is 1.84. The van der Waals surface area contributed by atoms with Gasteiger partial charge < -0.3 is 9.80 Å². The van der Waals surface area contributed by atoms with Gasteiger partial charge in [0.05, 0.1) is 5.69 Å². The van der Waals surface area contributed by atoms with Crippen LogP contribution in [-0.4, -0.2) is 58.7 Å². The van der Waals surface area contributed by atoms with Crippen molar-refractivity contribution in [2.45, 2.75) is 44.6 Å². The maximum atomic E-state index is 13.2. The molecule has 0 spiro atoms. The lowest BCUT2D eigenvalue weighted by atomic mass is 9.95. The number of likely N-dealkylation sites (N-methyl/N-ethyl adjacent to an activating group) is 1. The lowest BCUT2D eigenvalue weighted by molar-refractivity contribution is 0.0768. The quantitative estimate of drug-likeness (QED) is 0.852. The molecule has 3 aliphatic rings. The zero-order chi connectivity index (χ0) is 16.1. The Morgan fingerprint density at radius 2 is 1.91 bits per heavy atom. The first kappa shape index (κ1) is 15.2. The number of carbonyl (C=O) groups is 1. The Balaban J connectivity index is 1.59. The molecule has 2 aliphatic carbocycles. The van der Waals surface area contributed by atoms with Crippen LogP contribution in [0.4, 0.5) is 0 Å². The van der Waals surface area contributed by atoms with E-state index in [2.05, 4.69) is 29.0 Å². The smallest absolute Gasteiger partial charge is 0.272 e. The molecule has 2 fully saturated rings. The third kappa shape index (κ3) is 2.59. The van der Waals surface area contributed by atoms with E-state index < -0.39 is 0 Å². The van der Waals surface area contributed by atoms with Crippen molar-refractivity contribution in [3.63, 3.8) is 0 Å². The number of amides is 1. The van der Waals surface area contributed by atoms with Gasteiger partial charge in [-0.15, -0.1) is 0 Å². The van der Waals surface area contributed by atoms with Gasteiger partial charge in [0, 0.05) is 31.7 Å². The summed E-state index contributed by atoms with van der Waals surface area (Å²) in [6.45, 7) is 1.79. The summed E-state index contributed by atoms with van der Waals surface area (Å²) in [5.74, 6) is 1.69. The molecular formula is C18H28N4O. The predicted molar refractivity (Wildman–Crippen MR) is 89.4 cm³/mol. The molecule has 1 aliphatic heterocycles. The van der Waals surface area contributed by atoms with Crippen LogP contribution >= 0.6 is 0 Å². The molecule has 126 valence electrons. The van der Waals surface area contributed by atoms with E-state index >= 15 is 0 Å². The number of rotatable bonds is 3. The molecule has 0 aromatic carbocycles. The molecule has 1 saturated heterocycles. The Kier molecular flexibility index (Phi) is 3.71. The normalized spacial score (nSPS) is 27.6. The second kappa shape index (κ2) is 5.62. The van der Waals surface area contributed by atoms with Gasteiger partial charge in [-0.05, 0) is 64.5 Å². The average Bonchev–Trinajstić information content (AvgIpc) is 3.17. The molecule has 1 aromatic rings. The number of fused-ring (bicyclic) bond motifs is 1. The molecule has 0 N–H and O–H groups in total. The van der Waals surface area contributed by atoms with Crippen LogP contribution in [0.1, 0.15) is 47.4 Å². The average molecular weight is 316 g/mol. The van der Waals surface area contributed by atoms with Crippen molar-refractivity contribution in [3.05, 3.63) is 17.0 Å². The van der Waals surface area contributed by atoms with Crippen LogP contribution in [0.15, 0.2) is 0 Å². The topological polar surface area (TPSA) is 41.4 Å². The molecule has 5 heteroatoms. The predicted octanol–water partition coefficient (Wildman–Crippen LogP) is 1.71. The van der Waals surface area contributed by atoms with E-state index in [0.717, 1.165) is 43.2 Å². The van der Waals surface area contributed by atoms with E-state index in [1.54, 1.807) is 0 Å². The second-order valence-electron chi connectivity index (χ2n) is 7.85. The largest absolute Gasteiger partial charge is 0.335 e. The number of hydrogen-bond donors (Lipinski definition) is 0. The van der Waals surface area contributed by atoms with Gasteiger partial charge in [0.1, 0.15) is 5.69 Å². The van der Waals surface area contributed by atoms with E-state index in [9.17, 15) is 4.79 Å². The molecular weight excluding hydrogens is 288 g/mol. The highest BCUT2D eigenvalue weighted by molar-refractivity contribution is 5.94. The van der Waals surface area contributed by atoms with Gasteiger partial charge in [0.15, 0.2) is 0 Å². The lowest BCUT2D eigenvalue weighted by Crippen LogP contribution is -2.37.